The van der Waals surface area contributed by atoms with E-state index in [4.69, 9.17) is 4.74 Å². The van der Waals surface area contributed by atoms with Gasteiger partial charge in [0.25, 0.3) is 0 Å². The van der Waals surface area contributed by atoms with Crippen LogP contribution in [0.3, 0.4) is 0 Å². The third-order valence-corrected chi connectivity index (χ3v) is 2.97. The first kappa shape index (κ1) is 13.8. The average molecular weight is 237 g/mol. The monoisotopic (exact) mass is 237 g/mol. The molecule has 17 heavy (non-hydrogen) atoms. The summed E-state index contributed by atoms with van der Waals surface area (Å²) in [4.78, 5) is 0. The van der Waals surface area contributed by atoms with Gasteiger partial charge in [0.05, 0.1) is 25.4 Å². The van der Waals surface area contributed by atoms with Gasteiger partial charge in [0.2, 0.25) is 0 Å². The summed E-state index contributed by atoms with van der Waals surface area (Å²) in [5, 5.41) is 12.7. The van der Waals surface area contributed by atoms with E-state index in [9.17, 15) is 5.11 Å². The number of ether oxygens (including phenoxy) is 1. The predicted molar refractivity (Wildman–Crippen MR) is 71.8 cm³/mol. The van der Waals surface area contributed by atoms with Crippen molar-refractivity contribution in [3.63, 3.8) is 0 Å². The maximum absolute atomic E-state index is 9.36. The Morgan fingerprint density at radius 2 is 1.94 bits per heavy atom. The molecule has 1 aromatic rings. The third-order valence-electron chi connectivity index (χ3n) is 2.97. The SMILES string of the molecule is COc1c(C)cc(C)cc1NC(CO)C(C)C. The second kappa shape index (κ2) is 5.92. The Hall–Kier alpha value is -1.22. The minimum atomic E-state index is 0.0464. The lowest BCUT2D eigenvalue weighted by Gasteiger charge is -2.23. The van der Waals surface area contributed by atoms with E-state index in [-0.39, 0.29) is 12.6 Å². The highest BCUT2D eigenvalue weighted by Gasteiger charge is 2.15. The van der Waals surface area contributed by atoms with Crippen molar-refractivity contribution in [2.24, 2.45) is 5.92 Å². The molecule has 1 aromatic carbocycles. The molecule has 96 valence electrons. The van der Waals surface area contributed by atoms with Crippen molar-refractivity contribution in [2.75, 3.05) is 19.0 Å². The van der Waals surface area contributed by atoms with Crippen LogP contribution in [-0.2, 0) is 0 Å². The fraction of sp³-hybridized carbons (Fsp3) is 0.571. The molecule has 0 heterocycles. The highest BCUT2D eigenvalue weighted by molar-refractivity contribution is 5.62. The van der Waals surface area contributed by atoms with Crippen LogP contribution in [0.5, 0.6) is 5.75 Å². The van der Waals surface area contributed by atoms with Crippen LogP contribution in [-0.4, -0.2) is 24.9 Å². The van der Waals surface area contributed by atoms with Gasteiger partial charge in [-0.3, -0.25) is 0 Å². The molecular formula is C14H23NO2. The first-order valence-corrected chi connectivity index (χ1v) is 6.02. The van der Waals surface area contributed by atoms with Gasteiger partial charge in [0, 0.05) is 0 Å². The van der Waals surface area contributed by atoms with E-state index in [2.05, 4.69) is 38.2 Å². The van der Waals surface area contributed by atoms with Gasteiger partial charge in [-0.1, -0.05) is 19.9 Å². The number of aliphatic hydroxyl groups is 1. The Bertz CT molecular complexity index is 375. The molecule has 0 fully saturated rings. The Balaban J connectivity index is 3.04. The summed E-state index contributed by atoms with van der Waals surface area (Å²) < 4.78 is 5.41. The van der Waals surface area contributed by atoms with Crippen molar-refractivity contribution in [3.05, 3.63) is 23.3 Å². The lowest BCUT2D eigenvalue weighted by molar-refractivity contribution is 0.249. The Morgan fingerprint density at radius 3 is 2.41 bits per heavy atom. The fourth-order valence-electron chi connectivity index (χ4n) is 1.96. The molecule has 0 aliphatic carbocycles. The Kier molecular flexibility index (Phi) is 4.82. The topological polar surface area (TPSA) is 41.5 Å². The molecule has 3 nitrogen and oxygen atoms in total. The van der Waals surface area contributed by atoms with Crippen LogP contribution in [0.4, 0.5) is 5.69 Å². The van der Waals surface area contributed by atoms with Gasteiger partial charge in [0.15, 0.2) is 0 Å². The zero-order chi connectivity index (χ0) is 13.0. The van der Waals surface area contributed by atoms with E-state index in [1.807, 2.05) is 6.92 Å². The van der Waals surface area contributed by atoms with Gasteiger partial charge in [0.1, 0.15) is 5.75 Å². The molecule has 0 aliphatic heterocycles. The molecular weight excluding hydrogens is 214 g/mol. The molecule has 0 spiro atoms. The number of methoxy groups -OCH3 is 1. The van der Waals surface area contributed by atoms with Crippen LogP contribution < -0.4 is 10.1 Å². The lowest BCUT2D eigenvalue weighted by atomic mass is 10.0. The molecule has 0 amide bonds. The number of anilines is 1. The summed E-state index contributed by atoms with van der Waals surface area (Å²) in [7, 11) is 1.67. The van der Waals surface area contributed by atoms with E-state index >= 15 is 0 Å². The number of aryl methyl sites for hydroxylation is 2. The number of benzene rings is 1. The zero-order valence-corrected chi connectivity index (χ0v) is 11.4. The number of aliphatic hydroxyl groups excluding tert-OH is 1. The van der Waals surface area contributed by atoms with Gasteiger partial charge in [-0.2, -0.15) is 0 Å². The van der Waals surface area contributed by atoms with Gasteiger partial charge in [-0.25, -0.2) is 0 Å². The molecule has 1 rings (SSSR count). The van der Waals surface area contributed by atoms with E-state index in [1.54, 1.807) is 7.11 Å². The molecule has 0 aliphatic rings. The first-order chi connectivity index (χ1) is 7.99. The van der Waals surface area contributed by atoms with Crippen molar-refractivity contribution < 1.29 is 9.84 Å². The van der Waals surface area contributed by atoms with Crippen LogP contribution in [0.15, 0.2) is 12.1 Å². The van der Waals surface area contributed by atoms with Crippen LogP contribution >= 0.6 is 0 Å². The van der Waals surface area contributed by atoms with Crippen LogP contribution in [0, 0.1) is 19.8 Å². The summed E-state index contributed by atoms with van der Waals surface area (Å²) in [6, 6.07) is 4.19. The fourth-order valence-corrected chi connectivity index (χ4v) is 1.96. The second-order valence-corrected chi connectivity index (χ2v) is 4.84. The van der Waals surface area contributed by atoms with Crippen molar-refractivity contribution in [2.45, 2.75) is 33.7 Å². The largest absolute Gasteiger partial charge is 0.494 e. The summed E-state index contributed by atoms with van der Waals surface area (Å²) in [6.45, 7) is 8.38. The van der Waals surface area contributed by atoms with Gasteiger partial charge < -0.3 is 15.2 Å². The van der Waals surface area contributed by atoms with Crippen LogP contribution in [0.1, 0.15) is 25.0 Å². The predicted octanol–water partition coefficient (Wildman–Crippen LogP) is 2.74. The quantitative estimate of drug-likeness (QED) is 0.827. The third kappa shape index (κ3) is 3.37. The number of nitrogens with one attached hydrogen (secondary N) is 1. The van der Waals surface area contributed by atoms with Crippen LogP contribution in [0.2, 0.25) is 0 Å². The van der Waals surface area contributed by atoms with Crippen molar-refractivity contribution >= 4 is 5.69 Å². The molecule has 2 N–H and O–H groups in total. The van der Waals surface area contributed by atoms with Gasteiger partial charge >= 0.3 is 0 Å². The average Bonchev–Trinajstić information content (AvgIpc) is 2.24. The summed E-state index contributed by atoms with van der Waals surface area (Å²) >= 11 is 0. The normalized spacial score (nSPS) is 12.6. The summed E-state index contributed by atoms with van der Waals surface area (Å²) in [5.41, 5.74) is 3.25. The molecule has 1 atom stereocenters. The lowest BCUT2D eigenvalue weighted by Crippen LogP contribution is -2.29. The minimum Gasteiger partial charge on any atom is -0.494 e. The first-order valence-electron chi connectivity index (χ1n) is 6.02. The molecule has 0 radical (unpaired) electrons. The maximum atomic E-state index is 9.36. The van der Waals surface area contributed by atoms with Crippen molar-refractivity contribution in [1.29, 1.82) is 0 Å². The van der Waals surface area contributed by atoms with E-state index in [1.165, 1.54) is 5.56 Å². The standard InChI is InChI=1S/C14H23NO2/c1-9(2)13(8-16)15-12-7-10(3)6-11(4)14(12)17-5/h6-7,9,13,15-16H,8H2,1-5H3. The van der Waals surface area contributed by atoms with E-state index in [0.29, 0.717) is 5.92 Å². The maximum Gasteiger partial charge on any atom is 0.144 e. The number of rotatable bonds is 5. The summed E-state index contributed by atoms with van der Waals surface area (Å²) in [5.74, 6) is 1.22. The number of hydrogen-bond donors (Lipinski definition) is 2. The smallest absolute Gasteiger partial charge is 0.144 e. The van der Waals surface area contributed by atoms with E-state index in [0.717, 1.165) is 17.0 Å². The van der Waals surface area contributed by atoms with Crippen molar-refractivity contribution in [3.8, 4) is 5.75 Å². The zero-order valence-electron chi connectivity index (χ0n) is 11.4. The Morgan fingerprint density at radius 1 is 1.29 bits per heavy atom. The highest BCUT2D eigenvalue weighted by atomic mass is 16.5. The van der Waals surface area contributed by atoms with E-state index < -0.39 is 0 Å². The number of hydrogen-bond acceptors (Lipinski definition) is 3. The molecule has 0 saturated heterocycles. The molecule has 0 bridgehead atoms. The van der Waals surface area contributed by atoms with Gasteiger partial charge in [-0.05, 0) is 37.0 Å². The van der Waals surface area contributed by atoms with Gasteiger partial charge in [-0.15, -0.1) is 0 Å². The molecule has 0 saturated carbocycles. The Labute approximate surface area is 104 Å². The van der Waals surface area contributed by atoms with Crippen molar-refractivity contribution in [1.82, 2.24) is 0 Å². The minimum absolute atomic E-state index is 0.0464. The summed E-state index contributed by atoms with van der Waals surface area (Å²) in [6.07, 6.45) is 0. The molecule has 0 aromatic heterocycles. The highest BCUT2D eigenvalue weighted by Crippen LogP contribution is 2.31. The second-order valence-electron chi connectivity index (χ2n) is 4.84. The molecule has 3 heteroatoms. The van der Waals surface area contributed by atoms with Crippen LogP contribution in [0.25, 0.3) is 0 Å². The molecule has 1 unspecified atom stereocenters.